The Morgan fingerprint density at radius 1 is 1.41 bits per heavy atom. The lowest BCUT2D eigenvalue weighted by Gasteiger charge is -2.34. The third kappa shape index (κ3) is 2.69. The van der Waals surface area contributed by atoms with E-state index in [9.17, 15) is 0 Å². The van der Waals surface area contributed by atoms with Gasteiger partial charge in [-0.1, -0.05) is 20.8 Å². The molecule has 0 aromatic carbocycles. The Balaban J connectivity index is 2.28. The standard InChI is InChI=1S/C13H22N2S2/c1-12(2,3)10-8-17-11(15-10)13(14-4)6-5-7-16-9-13/h8,14H,5-7,9H2,1-4H3. The molecule has 0 aliphatic carbocycles. The quantitative estimate of drug-likeness (QED) is 0.892. The summed E-state index contributed by atoms with van der Waals surface area (Å²) in [4.78, 5) is 4.89. The van der Waals surface area contributed by atoms with Crippen LogP contribution in [0.3, 0.4) is 0 Å². The second-order valence-electron chi connectivity index (χ2n) is 5.78. The highest BCUT2D eigenvalue weighted by molar-refractivity contribution is 7.99. The van der Waals surface area contributed by atoms with Crippen molar-refractivity contribution in [1.29, 1.82) is 0 Å². The van der Waals surface area contributed by atoms with Crippen LogP contribution in [0.1, 0.15) is 44.3 Å². The van der Waals surface area contributed by atoms with Gasteiger partial charge in [-0.05, 0) is 25.6 Å². The molecule has 1 aliphatic heterocycles. The summed E-state index contributed by atoms with van der Waals surface area (Å²) in [7, 11) is 2.07. The van der Waals surface area contributed by atoms with Gasteiger partial charge in [0.25, 0.3) is 0 Å². The molecule has 2 rings (SSSR count). The third-order valence-electron chi connectivity index (χ3n) is 3.40. The van der Waals surface area contributed by atoms with Gasteiger partial charge >= 0.3 is 0 Å². The van der Waals surface area contributed by atoms with Crippen LogP contribution in [0.4, 0.5) is 0 Å². The molecule has 4 heteroatoms. The molecule has 96 valence electrons. The topological polar surface area (TPSA) is 24.9 Å². The summed E-state index contributed by atoms with van der Waals surface area (Å²) in [5.41, 5.74) is 1.51. The molecule has 1 aliphatic rings. The molecule has 0 amide bonds. The van der Waals surface area contributed by atoms with E-state index in [0.717, 1.165) is 5.75 Å². The molecule has 1 saturated heterocycles. The minimum atomic E-state index is 0.122. The minimum Gasteiger partial charge on any atom is -0.308 e. The summed E-state index contributed by atoms with van der Waals surface area (Å²) in [5.74, 6) is 2.45. The van der Waals surface area contributed by atoms with E-state index in [2.05, 4.69) is 38.5 Å². The Kier molecular flexibility index (Phi) is 3.86. The lowest BCUT2D eigenvalue weighted by atomic mass is 9.92. The van der Waals surface area contributed by atoms with E-state index in [-0.39, 0.29) is 11.0 Å². The Bertz CT molecular complexity index is 373. The van der Waals surface area contributed by atoms with E-state index in [1.165, 1.54) is 29.3 Å². The van der Waals surface area contributed by atoms with Gasteiger partial charge in [0.2, 0.25) is 0 Å². The summed E-state index contributed by atoms with van der Waals surface area (Å²) in [6, 6.07) is 0. The van der Waals surface area contributed by atoms with Crippen molar-refractivity contribution in [3.05, 3.63) is 16.1 Å². The van der Waals surface area contributed by atoms with E-state index < -0.39 is 0 Å². The summed E-state index contributed by atoms with van der Waals surface area (Å²) in [6.07, 6.45) is 2.50. The average molecular weight is 270 g/mol. The largest absolute Gasteiger partial charge is 0.308 e. The zero-order valence-corrected chi connectivity index (χ0v) is 12.8. The van der Waals surface area contributed by atoms with Crippen molar-refractivity contribution in [1.82, 2.24) is 10.3 Å². The summed E-state index contributed by atoms with van der Waals surface area (Å²) in [6.45, 7) is 6.69. The highest BCUT2D eigenvalue weighted by Crippen LogP contribution is 2.38. The van der Waals surface area contributed by atoms with Crippen LogP contribution in [0, 0.1) is 0 Å². The van der Waals surface area contributed by atoms with E-state index >= 15 is 0 Å². The molecule has 0 radical (unpaired) electrons. The summed E-state index contributed by atoms with van der Waals surface area (Å²) < 4.78 is 0. The second kappa shape index (κ2) is 4.90. The lowest BCUT2D eigenvalue weighted by Crippen LogP contribution is -2.44. The molecule has 2 nitrogen and oxygen atoms in total. The maximum atomic E-state index is 4.89. The van der Waals surface area contributed by atoms with Crippen molar-refractivity contribution < 1.29 is 0 Å². The zero-order chi connectivity index (χ0) is 12.5. The molecular formula is C13H22N2S2. The Hall–Kier alpha value is -0.0600. The van der Waals surface area contributed by atoms with Gasteiger partial charge in [-0.3, -0.25) is 0 Å². The SMILES string of the molecule is CNC1(c2nc(C(C)(C)C)cs2)CCCSC1. The fourth-order valence-corrected chi connectivity index (χ4v) is 4.75. The molecule has 17 heavy (non-hydrogen) atoms. The molecular weight excluding hydrogens is 248 g/mol. The van der Waals surface area contributed by atoms with Crippen LogP contribution in [0.2, 0.25) is 0 Å². The van der Waals surface area contributed by atoms with Crippen LogP contribution in [0.25, 0.3) is 0 Å². The van der Waals surface area contributed by atoms with Gasteiger partial charge in [0.1, 0.15) is 5.01 Å². The number of rotatable bonds is 2. The summed E-state index contributed by atoms with van der Waals surface area (Å²) >= 11 is 3.86. The number of nitrogens with one attached hydrogen (secondary N) is 1. The Morgan fingerprint density at radius 2 is 2.18 bits per heavy atom. The Morgan fingerprint density at radius 3 is 2.65 bits per heavy atom. The fourth-order valence-electron chi connectivity index (χ4n) is 2.11. The van der Waals surface area contributed by atoms with E-state index in [1.807, 2.05) is 23.1 Å². The van der Waals surface area contributed by atoms with Crippen LogP contribution in [0.15, 0.2) is 5.38 Å². The van der Waals surface area contributed by atoms with Gasteiger partial charge in [-0.15, -0.1) is 11.3 Å². The molecule has 1 unspecified atom stereocenters. The fraction of sp³-hybridized carbons (Fsp3) is 0.769. The maximum Gasteiger partial charge on any atom is 0.114 e. The average Bonchev–Trinajstić information content (AvgIpc) is 2.79. The first-order chi connectivity index (χ1) is 7.98. The van der Waals surface area contributed by atoms with Crippen molar-refractivity contribution in [2.24, 2.45) is 0 Å². The van der Waals surface area contributed by atoms with Crippen molar-refractivity contribution in [3.8, 4) is 0 Å². The number of hydrogen-bond acceptors (Lipinski definition) is 4. The Labute approximate surface area is 113 Å². The molecule has 1 atom stereocenters. The molecule has 1 fully saturated rings. The number of thioether (sulfide) groups is 1. The predicted octanol–water partition coefficient (Wildman–Crippen LogP) is 3.38. The van der Waals surface area contributed by atoms with E-state index in [4.69, 9.17) is 4.98 Å². The van der Waals surface area contributed by atoms with Crippen molar-refractivity contribution >= 4 is 23.1 Å². The van der Waals surface area contributed by atoms with Crippen molar-refractivity contribution in [2.45, 2.75) is 44.6 Å². The third-order valence-corrected chi connectivity index (χ3v) is 5.72. The van der Waals surface area contributed by atoms with Crippen LogP contribution in [-0.4, -0.2) is 23.5 Å². The minimum absolute atomic E-state index is 0.122. The van der Waals surface area contributed by atoms with Gasteiger partial charge in [-0.25, -0.2) is 4.98 Å². The van der Waals surface area contributed by atoms with Gasteiger partial charge in [0.05, 0.1) is 11.2 Å². The first-order valence-electron chi connectivity index (χ1n) is 6.21. The normalized spacial score (nSPS) is 26.1. The lowest BCUT2D eigenvalue weighted by molar-refractivity contribution is 0.363. The molecule has 1 aromatic heterocycles. The van der Waals surface area contributed by atoms with Gasteiger partial charge in [-0.2, -0.15) is 11.8 Å². The zero-order valence-electron chi connectivity index (χ0n) is 11.2. The number of hydrogen-bond donors (Lipinski definition) is 1. The second-order valence-corrected chi connectivity index (χ2v) is 7.74. The van der Waals surface area contributed by atoms with Crippen molar-refractivity contribution in [2.75, 3.05) is 18.6 Å². The summed E-state index contributed by atoms with van der Waals surface area (Å²) in [5, 5.41) is 7.03. The van der Waals surface area contributed by atoms with E-state index in [1.54, 1.807) is 0 Å². The van der Waals surface area contributed by atoms with Gasteiger partial charge in [0, 0.05) is 16.5 Å². The monoisotopic (exact) mass is 270 g/mol. The molecule has 0 saturated carbocycles. The number of thiazole rings is 1. The predicted molar refractivity (Wildman–Crippen MR) is 78.1 cm³/mol. The van der Waals surface area contributed by atoms with Crippen LogP contribution in [0.5, 0.6) is 0 Å². The van der Waals surface area contributed by atoms with Gasteiger partial charge < -0.3 is 5.32 Å². The maximum absolute atomic E-state index is 4.89. The van der Waals surface area contributed by atoms with Crippen LogP contribution >= 0.6 is 23.1 Å². The number of aromatic nitrogens is 1. The highest BCUT2D eigenvalue weighted by Gasteiger charge is 2.36. The molecule has 1 N–H and O–H groups in total. The molecule has 0 spiro atoms. The smallest absolute Gasteiger partial charge is 0.114 e. The van der Waals surface area contributed by atoms with E-state index in [0.29, 0.717) is 0 Å². The van der Waals surface area contributed by atoms with Gasteiger partial charge in [0.15, 0.2) is 0 Å². The van der Waals surface area contributed by atoms with Crippen LogP contribution < -0.4 is 5.32 Å². The molecule has 0 bridgehead atoms. The first kappa shape index (κ1) is 13.4. The molecule has 2 heterocycles. The van der Waals surface area contributed by atoms with Crippen LogP contribution in [-0.2, 0) is 11.0 Å². The van der Waals surface area contributed by atoms with Crippen molar-refractivity contribution in [3.63, 3.8) is 0 Å². The molecule has 1 aromatic rings. The first-order valence-corrected chi connectivity index (χ1v) is 8.24. The highest BCUT2D eigenvalue weighted by atomic mass is 32.2. The number of nitrogens with zero attached hydrogens (tertiary/aromatic N) is 1.